The van der Waals surface area contributed by atoms with Crippen molar-refractivity contribution in [2.45, 2.75) is 11.4 Å². The van der Waals surface area contributed by atoms with E-state index < -0.39 is 16.0 Å². The van der Waals surface area contributed by atoms with Gasteiger partial charge in [0.05, 0.1) is 10.6 Å². The fraction of sp³-hybridized carbons (Fsp3) is 0.0769. The molecule has 4 N–H and O–H groups in total. The highest BCUT2D eigenvalue weighted by Crippen LogP contribution is 2.20. The standard InChI is InChI=1S/C13H12ClN3O4S/c14-10-5-11(12(15)16-7-10)22(20,21)17-6-8-2-1-3-9(4-8)13(18)19/h1-5,7,17H,6H2,(H2,15,16)(H,18,19). The highest BCUT2D eigenvalue weighted by molar-refractivity contribution is 7.89. The van der Waals surface area contributed by atoms with Gasteiger partial charge in [0.15, 0.2) is 0 Å². The lowest BCUT2D eigenvalue weighted by atomic mass is 10.1. The Morgan fingerprint density at radius 3 is 2.77 bits per heavy atom. The second-order valence-electron chi connectivity index (χ2n) is 4.37. The Morgan fingerprint density at radius 2 is 2.09 bits per heavy atom. The number of carbonyl (C=O) groups is 1. The summed E-state index contributed by atoms with van der Waals surface area (Å²) in [5.41, 5.74) is 6.11. The van der Waals surface area contributed by atoms with Gasteiger partial charge in [0.25, 0.3) is 0 Å². The first-order valence-electron chi connectivity index (χ1n) is 6.02. The summed E-state index contributed by atoms with van der Waals surface area (Å²) in [5, 5.41) is 9.05. The van der Waals surface area contributed by atoms with Crippen LogP contribution in [-0.4, -0.2) is 24.5 Å². The predicted molar refractivity (Wildman–Crippen MR) is 81.1 cm³/mol. The molecule has 2 aromatic rings. The molecule has 0 radical (unpaired) electrons. The zero-order chi connectivity index (χ0) is 16.3. The summed E-state index contributed by atoms with van der Waals surface area (Å²) < 4.78 is 26.7. The van der Waals surface area contributed by atoms with Crippen molar-refractivity contribution in [3.05, 3.63) is 52.7 Å². The zero-order valence-electron chi connectivity index (χ0n) is 11.2. The third-order valence-corrected chi connectivity index (χ3v) is 4.42. The fourth-order valence-corrected chi connectivity index (χ4v) is 3.06. The molecule has 0 bridgehead atoms. The minimum atomic E-state index is -3.91. The van der Waals surface area contributed by atoms with Crippen LogP contribution in [-0.2, 0) is 16.6 Å². The number of hydrogen-bond donors (Lipinski definition) is 3. The smallest absolute Gasteiger partial charge is 0.335 e. The number of nitrogen functional groups attached to an aromatic ring is 1. The second-order valence-corrected chi connectivity index (χ2v) is 6.54. The van der Waals surface area contributed by atoms with Gasteiger partial charge in [0, 0.05) is 12.7 Å². The van der Waals surface area contributed by atoms with E-state index in [4.69, 9.17) is 22.4 Å². The van der Waals surface area contributed by atoms with E-state index >= 15 is 0 Å². The quantitative estimate of drug-likeness (QED) is 0.757. The minimum absolute atomic E-state index is 0.0700. The van der Waals surface area contributed by atoms with E-state index in [2.05, 4.69) is 9.71 Å². The number of carboxylic acid groups (broad SMARTS) is 1. The Labute approximate surface area is 131 Å². The van der Waals surface area contributed by atoms with Crippen LogP contribution < -0.4 is 10.5 Å². The Morgan fingerprint density at radius 1 is 1.36 bits per heavy atom. The Hall–Kier alpha value is -2.16. The largest absolute Gasteiger partial charge is 0.478 e. The molecule has 0 saturated heterocycles. The second kappa shape index (κ2) is 6.30. The van der Waals surface area contributed by atoms with Crippen molar-refractivity contribution in [2.75, 3.05) is 5.73 Å². The number of rotatable bonds is 5. The molecule has 0 unspecified atom stereocenters. The highest BCUT2D eigenvalue weighted by Gasteiger charge is 2.19. The molecule has 0 aliphatic carbocycles. The normalized spacial score (nSPS) is 11.3. The predicted octanol–water partition coefficient (Wildman–Crippen LogP) is 1.49. The van der Waals surface area contributed by atoms with Gasteiger partial charge in [0.1, 0.15) is 10.7 Å². The van der Waals surface area contributed by atoms with Crippen LogP contribution in [0.1, 0.15) is 15.9 Å². The summed E-state index contributed by atoms with van der Waals surface area (Å²) in [6.07, 6.45) is 1.24. The third-order valence-electron chi connectivity index (χ3n) is 2.78. The van der Waals surface area contributed by atoms with Gasteiger partial charge in [-0.15, -0.1) is 0 Å². The zero-order valence-corrected chi connectivity index (χ0v) is 12.7. The Kier molecular flexibility index (Phi) is 4.65. The van der Waals surface area contributed by atoms with Crippen molar-refractivity contribution in [3.8, 4) is 0 Å². The van der Waals surface area contributed by atoms with Crippen LogP contribution in [0.2, 0.25) is 5.02 Å². The van der Waals surface area contributed by atoms with Crippen LogP contribution in [0.5, 0.6) is 0 Å². The number of nitrogens with one attached hydrogen (secondary N) is 1. The van der Waals surface area contributed by atoms with E-state index in [0.29, 0.717) is 5.56 Å². The number of benzene rings is 1. The maximum absolute atomic E-state index is 12.2. The summed E-state index contributed by atoms with van der Waals surface area (Å²) in [7, 11) is -3.91. The summed E-state index contributed by atoms with van der Waals surface area (Å²) in [5.74, 6) is -1.26. The van der Waals surface area contributed by atoms with E-state index in [1.165, 1.54) is 30.5 Å². The molecule has 0 aliphatic heterocycles. The molecule has 0 fully saturated rings. The highest BCUT2D eigenvalue weighted by atomic mass is 35.5. The first-order valence-corrected chi connectivity index (χ1v) is 7.88. The van der Waals surface area contributed by atoms with Crippen LogP contribution in [0.25, 0.3) is 0 Å². The van der Waals surface area contributed by atoms with Gasteiger partial charge < -0.3 is 10.8 Å². The number of carboxylic acids is 1. The fourth-order valence-electron chi connectivity index (χ4n) is 1.72. The minimum Gasteiger partial charge on any atom is -0.478 e. The van der Waals surface area contributed by atoms with Gasteiger partial charge in [0.2, 0.25) is 10.0 Å². The monoisotopic (exact) mass is 341 g/mol. The summed E-state index contributed by atoms with van der Waals surface area (Å²) in [6.45, 7) is -0.0879. The van der Waals surface area contributed by atoms with E-state index in [-0.39, 0.29) is 27.8 Å². The lowest BCUT2D eigenvalue weighted by Gasteiger charge is -2.09. The molecule has 0 spiro atoms. The molecule has 1 aromatic heterocycles. The Balaban J connectivity index is 2.21. The first-order chi connectivity index (χ1) is 10.3. The number of anilines is 1. The molecule has 1 heterocycles. The average molecular weight is 342 g/mol. The molecular weight excluding hydrogens is 330 g/mol. The van der Waals surface area contributed by atoms with Crippen molar-refractivity contribution in [2.24, 2.45) is 0 Å². The number of sulfonamides is 1. The number of aromatic carboxylic acids is 1. The van der Waals surface area contributed by atoms with Gasteiger partial charge in [-0.2, -0.15) is 0 Å². The molecule has 0 atom stereocenters. The van der Waals surface area contributed by atoms with Crippen molar-refractivity contribution in [1.29, 1.82) is 0 Å². The molecule has 22 heavy (non-hydrogen) atoms. The third kappa shape index (κ3) is 3.73. The van der Waals surface area contributed by atoms with Gasteiger partial charge >= 0.3 is 5.97 Å². The van der Waals surface area contributed by atoms with Crippen molar-refractivity contribution in [3.63, 3.8) is 0 Å². The molecule has 0 saturated carbocycles. The molecule has 1 aromatic carbocycles. The number of halogens is 1. The number of nitrogens with two attached hydrogens (primary N) is 1. The molecular formula is C13H12ClN3O4S. The van der Waals surface area contributed by atoms with Gasteiger partial charge in [-0.25, -0.2) is 22.9 Å². The molecule has 7 nitrogen and oxygen atoms in total. The van der Waals surface area contributed by atoms with E-state index in [1.54, 1.807) is 6.07 Å². The maximum Gasteiger partial charge on any atom is 0.335 e. The number of pyridine rings is 1. The summed E-state index contributed by atoms with van der Waals surface area (Å²) >= 11 is 5.72. The molecule has 2 rings (SSSR count). The van der Waals surface area contributed by atoms with Gasteiger partial charge in [-0.3, -0.25) is 0 Å². The number of nitrogens with zero attached hydrogens (tertiary/aromatic N) is 1. The molecule has 0 amide bonds. The molecule has 116 valence electrons. The average Bonchev–Trinajstić information content (AvgIpc) is 2.48. The number of hydrogen-bond acceptors (Lipinski definition) is 5. The molecule has 0 aliphatic rings. The van der Waals surface area contributed by atoms with Crippen molar-refractivity contribution in [1.82, 2.24) is 9.71 Å². The van der Waals surface area contributed by atoms with Crippen molar-refractivity contribution >= 4 is 33.4 Å². The van der Waals surface area contributed by atoms with Gasteiger partial charge in [-0.1, -0.05) is 23.7 Å². The lowest BCUT2D eigenvalue weighted by Crippen LogP contribution is -2.24. The summed E-state index contributed by atoms with van der Waals surface area (Å²) in [4.78, 5) is 14.3. The van der Waals surface area contributed by atoms with Crippen LogP contribution >= 0.6 is 11.6 Å². The van der Waals surface area contributed by atoms with E-state index in [1.807, 2.05) is 0 Å². The van der Waals surface area contributed by atoms with E-state index in [0.717, 1.165) is 0 Å². The van der Waals surface area contributed by atoms with Crippen LogP contribution in [0.3, 0.4) is 0 Å². The van der Waals surface area contributed by atoms with Crippen LogP contribution in [0.4, 0.5) is 5.82 Å². The number of aromatic nitrogens is 1. The van der Waals surface area contributed by atoms with E-state index in [9.17, 15) is 13.2 Å². The molecule has 9 heteroatoms. The SMILES string of the molecule is Nc1ncc(Cl)cc1S(=O)(=O)NCc1cccc(C(=O)O)c1. The summed E-state index contributed by atoms with van der Waals surface area (Å²) in [6, 6.07) is 7.13. The van der Waals surface area contributed by atoms with Crippen molar-refractivity contribution < 1.29 is 18.3 Å². The topological polar surface area (TPSA) is 122 Å². The van der Waals surface area contributed by atoms with Gasteiger partial charge in [-0.05, 0) is 23.8 Å². The Bertz CT molecular complexity index is 824. The first kappa shape index (κ1) is 16.2. The van der Waals surface area contributed by atoms with Crippen LogP contribution in [0, 0.1) is 0 Å². The lowest BCUT2D eigenvalue weighted by molar-refractivity contribution is 0.0696. The van der Waals surface area contributed by atoms with Crippen LogP contribution in [0.15, 0.2) is 41.4 Å². The maximum atomic E-state index is 12.2.